The van der Waals surface area contributed by atoms with Gasteiger partial charge >= 0.3 is 0 Å². The van der Waals surface area contributed by atoms with Crippen molar-refractivity contribution in [2.45, 2.75) is 0 Å². The third kappa shape index (κ3) is 6.31. The fourth-order valence-electron chi connectivity index (χ4n) is 5.24. The maximum atomic E-state index is 4.44. The molecule has 0 unspecified atom stereocenters. The molecule has 0 fully saturated rings. The molecule has 3 heterocycles. The van der Waals surface area contributed by atoms with Crippen molar-refractivity contribution in [2.24, 2.45) is 7.05 Å². The second-order valence-electron chi connectivity index (χ2n) is 10.2. The Bertz CT molecular complexity index is 2110. The van der Waals surface area contributed by atoms with Gasteiger partial charge in [0, 0.05) is 60.7 Å². The number of benzene rings is 5. The Morgan fingerprint density at radius 2 is 1.20 bits per heavy atom. The summed E-state index contributed by atoms with van der Waals surface area (Å²) in [4.78, 5) is 4.44. The molecule has 219 valence electrons. The standard InChI is InChI=1S/C24H17N2.C14H9N4.Ir/c1-26-23-11-3-2-9-20(23)21-16-18(12-13-24(21)26)17-7-6-8-19(15-17)22-10-4-5-14-25-22;1-3-7-11(8-4-1)13-15-17-14(18-16-13)12-9-5-2-6-10-12;/h2-7,9-16H,1H3;1-9H;/q2*-1;. The molecule has 8 rings (SSSR count). The number of fused-ring (bicyclic) bond motifs is 3. The number of aryl methyl sites for hydroxylation is 1. The quantitative estimate of drug-likeness (QED) is 0.169. The number of hydrogen-bond donors (Lipinski definition) is 0. The SMILES string of the molecule is Cn1c2ccccc2c2cc(-c3cc[c-]c(-c4ccccn4)c3)ccc21.[Ir].[c-]1ccccc1-c1nnc(-c2ccccc2)nn1. The minimum Gasteiger partial charge on any atom is -0.344 e. The summed E-state index contributed by atoms with van der Waals surface area (Å²) in [6.45, 7) is 0. The molecule has 0 aliphatic rings. The Labute approximate surface area is 274 Å². The van der Waals surface area contributed by atoms with Gasteiger partial charge in [-0.2, -0.15) is 10.2 Å². The third-order valence-electron chi connectivity index (χ3n) is 7.45. The molecule has 0 N–H and O–H groups in total. The van der Waals surface area contributed by atoms with Gasteiger partial charge < -0.3 is 9.55 Å². The topological polar surface area (TPSA) is 69.4 Å². The zero-order valence-electron chi connectivity index (χ0n) is 24.3. The van der Waals surface area contributed by atoms with E-state index in [1.807, 2.05) is 85.1 Å². The van der Waals surface area contributed by atoms with Crippen molar-refractivity contribution in [1.82, 2.24) is 29.9 Å². The Morgan fingerprint density at radius 3 is 1.98 bits per heavy atom. The first-order valence-corrected chi connectivity index (χ1v) is 14.3. The van der Waals surface area contributed by atoms with E-state index in [1.54, 1.807) is 0 Å². The van der Waals surface area contributed by atoms with Crippen LogP contribution in [0.1, 0.15) is 0 Å². The van der Waals surface area contributed by atoms with Crippen molar-refractivity contribution < 1.29 is 20.1 Å². The average Bonchev–Trinajstić information content (AvgIpc) is 3.41. The normalized spacial score (nSPS) is 10.6. The Morgan fingerprint density at radius 1 is 0.511 bits per heavy atom. The molecule has 8 aromatic rings. The molecule has 0 aliphatic carbocycles. The van der Waals surface area contributed by atoms with Gasteiger partial charge in [-0.1, -0.05) is 66.7 Å². The van der Waals surface area contributed by atoms with Gasteiger partial charge in [-0.3, -0.25) is 0 Å². The zero-order valence-corrected chi connectivity index (χ0v) is 26.7. The monoisotopic (exact) mass is 759 g/mol. The van der Waals surface area contributed by atoms with Crippen molar-refractivity contribution in [2.75, 3.05) is 0 Å². The summed E-state index contributed by atoms with van der Waals surface area (Å²) < 4.78 is 2.26. The van der Waals surface area contributed by atoms with E-state index in [2.05, 4.69) is 104 Å². The molecular weight excluding hydrogens is 733 g/mol. The van der Waals surface area contributed by atoms with Crippen molar-refractivity contribution in [3.8, 4) is 45.2 Å². The Kier molecular flexibility index (Phi) is 8.92. The maximum Gasteiger partial charge on any atom is 0.201 e. The fourth-order valence-corrected chi connectivity index (χ4v) is 5.24. The Hall–Kier alpha value is -5.36. The first-order chi connectivity index (χ1) is 21.7. The summed E-state index contributed by atoms with van der Waals surface area (Å²) in [7, 11) is 2.13. The second-order valence-corrected chi connectivity index (χ2v) is 10.2. The number of pyridine rings is 1. The van der Waals surface area contributed by atoms with E-state index in [0.717, 1.165) is 22.4 Å². The molecule has 0 amide bonds. The molecule has 0 saturated heterocycles. The number of nitrogens with zero attached hydrogens (tertiary/aromatic N) is 6. The van der Waals surface area contributed by atoms with Gasteiger partial charge in [0.15, 0.2) is 0 Å². The van der Waals surface area contributed by atoms with Crippen LogP contribution in [0, 0.1) is 12.1 Å². The summed E-state index contributed by atoms with van der Waals surface area (Å²) in [6, 6.07) is 50.9. The fraction of sp³-hybridized carbons (Fsp3) is 0.0263. The summed E-state index contributed by atoms with van der Waals surface area (Å²) in [5.41, 5.74) is 8.55. The van der Waals surface area contributed by atoms with E-state index in [0.29, 0.717) is 11.6 Å². The zero-order chi connectivity index (χ0) is 29.7. The van der Waals surface area contributed by atoms with Crippen LogP contribution in [-0.2, 0) is 27.2 Å². The van der Waals surface area contributed by atoms with Gasteiger partial charge in [0.2, 0.25) is 5.82 Å². The van der Waals surface area contributed by atoms with Crippen LogP contribution in [0.25, 0.3) is 67.0 Å². The van der Waals surface area contributed by atoms with Gasteiger partial charge in [0.25, 0.3) is 0 Å². The molecule has 0 bridgehead atoms. The molecule has 3 aromatic heterocycles. The van der Waals surface area contributed by atoms with Gasteiger partial charge in [0.05, 0.1) is 0 Å². The molecular formula is C38H26IrN6-2. The van der Waals surface area contributed by atoms with E-state index in [9.17, 15) is 0 Å². The van der Waals surface area contributed by atoms with Crippen LogP contribution >= 0.6 is 0 Å². The number of para-hydroxylation sites is 1. The first-order valence-electron chi connectivity index (χ1n) is 14.3. The van der Waals surface area contributed by atoms with Crippen molar-refractivity contribution in [3.05, 3.63) is 152 Å². The van der Waals surface area contributed by atoms with E-state index in [1.165, 1.54) is 32.9 Å². The van der Waals surface area contributed by atoms with Crippen LogP contribution in [0.4, 0.5) is 0 Å². The molecule has 0 aliphatic heterocycles. The maximum absolute atomic E-state index is 4.44. The van der Waals surface area contributed by atoms with E-state index < -0.39 is 0 Å². The minimum atomic E-state index is 0. The van der Waals surface area contributed by atoms with Crippen LogP contribution in [-0.4, -0.2) is 29.9 Å². The van der Waals surface area contributed by atoms with Crippen molar-refractivity contribution in [3.63, 3.8) is 0 Å². The van der Waals surface area contributed by atoms with E-state index in [-0.39, 0.29) is 20.1 Å². The van der Waals surface area contributed by atoms with Gasteiger partial charge in [-0.25, -0.2) is 0 Å². The first kappa shape index (κ1) is 29.7. The van der Waals surface area contributed by atoms with Gasteiger partial charge in [-0.15, -0.1) is 81.5 Å². The second kappa shape index (κ2) is 13.5. The third-order valence-corrected chi connectivity index (χ3v) is 7.45. The van der Waals surface area contributed by atoms with Crippen LogP contribution in [0.2, 0.25) is 0 Å². The molecule has 6 nitrogen and oxygen atoms in total. The molecule has 7 heteroatoms. The smallest absolute Gasteiger partial charge is 0.201 e. The van der Waals surface area contributed by atoms with Gasteiger partial charge in [-0.05, 0) is 35.5 Å². The molecule has 0 saturated carbocycles. The minimum absolute atomic E-state index is 0. The molecule has 0 atom stereocenters. The summed E-state index contributed by atoms with van der Waals surface area (Å²) >= 11 is 0. The average molecular weight is 759 g/mol. The van der Waals surface area contributed by atoms with Crippen LogP contribution < -0.4 is 0 Å². The molecule has 0 spiro atoms. The summed E-state index contributed by atoms with van der Waals surface area (Å²) in [5, 5.41) is 18.9. The van der Waals surface area contributed by atoms with Gasteiger partial charge in [0.1, 0.15) is 5.82 Å². The molecule has 45 heavy (non-hydrogen) atoms. The van der Waals surface area contributed by atoms with Crippen molar-refractivity contribution in [1.29, 1.82) is 0 Å². The summed E-state index contributed by atoms with van der Waals surface area (Å²) in [5.74, 6) is 1.01. The van der Waals surface area contributed by atoms with E-state index >= 15 is 0 Å². The largest absolute Gasteiger partial charge is 0.344 e. The summed E-state index contributed by atoms with van der Waals surface area (Å²) in [6.07, 6.45) is 1.82. The predicted octanol–water partition coefficient (Wildman–Crippen LogP) is 8.26. The molecule has 5 aromatic carbocycles. The number of hydrogen-bond acceptors (Lipinski definition) is 5. The molecule has 1 radical (unpaired) electrons. The van der Waals surface area contributed by atoms with Crippen molar-refractivity contribution >= 4 is 21.8 Å². The number of rotatable bonds is 4. The van der Waals surface area contributed by atoms with Crippen LogP contribution in [0.5, 0.6) is 0 Å². The number of aromatic nitrogens is 6. The van der Waals surface area contributed by atoms with Crippen LogP contribution in [0.15, 0.2) is 140 Å². The van der Waals surface area contributed by atoms with E-state index in [4.69, 9.17) is 0 Å². The Balaban J connectivity index is 0.000000166. The predicted molar refractivity (Wildman–Crippen MR) is 175 cm³/mol. The van der Waals surface area contributed by atoms with Crippen LogP contribution in [0.3, 0.4) is 0 Å².